The van der Waals surface area contributed by atoms with Crippen LogP contribution in [0, 0.1) is 0 Å². The normalized spacial score (nSPS) is 11.6. The van der Waals surface area contributed by atoms with Crippen molar-refractivity contribution in [2.24, 2.45) is 0 Å². The number of hydrogen-bond donors (Lipinski definition) is 0. The highest BCUT2D eigenvalue weighted by Crippen LogP contribution is 2.50. The van der Waals surface area contributed by atoms with E-state index >= 15 is 0 Å². The van der Waals surface area contributed by atoms with E-state index < -0.39 is 0 Å². The molecule has 0 amide bonds. The first-order valence-electron chi connectivity index (χ1n) is 18.7. The van der Waals surface area contributed by atoms with Gasteiger partial charge in [-0.25, -0.2) is 0 Å². The summed E-state index contributed by atoms with van der Waals surface area (Å²) in [6.07, 6.45) is 0. The molecule has 2 aromatic heterocycles. The number of anilines is 3. The number of nitrogens with zero attached hydrogens (tertiary/aromatic N) is 1. The van der Waals surface area contributed by atoms with E-state index in [1.807, 2.05) is 22.7 Å². The average Bonchev–Trinajstić information content (AvgIpc) is 3.83. The summed E-state index contributed by atoms with van der Waals surface area (Å²) in [7, 11) is 0. The third-order valence-electron chi connectivity index (χ3n) is 10.9. The minimum absolute atomic E-state index is 1.12. The van der Waals surface area contributed by atoms with Crippen LogP contribution < -0.4 is 4.90 Å². The molecule has 9 aromatic carbocycles. The van der Waals surface area contributed by atoms with Crippen molar-refractivity contribution in [2.45, 2.75) is 0 Å². The summed E-state index contributed by atoms with van der Waals surface area (Å²) in [5, 5.41) is 7.73. The molecule has 0 saturated carbocycles. The van der Waals surface area contributed by atoms with Crippen molar-refractivity contribution in [1.29, 1.82) is 0 Å². The third kappa shape index (κ3) is 5.51. The van der Waals surface area contributed by atoms with Crippen LogP contribution in [0.2, 0.25) is 0 Å². The second kappa shape index (κ2) is 13.1. The van der Waals surface area contributed by atoms with E-state index in [4.69, 9.17) is 0 Å². The van der Waals surface area contributed by atoms with Gasteiger partial charge in [0.1, 0.15) is 0 Å². The van der Waals surface area contributed by atoms with E-state index in [1.165, 1.54) is 90.2 Å². The Morgan fingerprint density at radius 2 is 0.836 bits per heavy atom. The Morgan fingerprint density at radius 3 is 1.56 bits per heavy atom. The van der Waals surface area contributed by atoms with E-state index in [2.05, 4.69) is 205 Å². The molecule has 258 valence electrons. The van der Waals surface area contributed by atoms with Gasteiger partial charge >= 0.3 is 0 Å². The highest BCUT2D eigenvalue weighted by molar-refractivity contribution is 7.26. The smallest absolute Gasteiger partial charge is 0.0718 e. The molecule has 0 N–H and O–H groups in total. The van der Waals surface area contributed by atoms with Gasteiger partial charge < -0.3 is 4.90 Å². The first-order chi connectivity index (χ1) is 27.2. The molecule has 0 radical (unpaired) electrons. The lowest BCUT2D eigenvalue weighted by Gasteiger charge is -2.29. The van der Waals surface area contributed by atoms with Crippen molar-refractivity contribution in [3.8, 4) is 33.4 Å². The lowest BCUT2D eigenvalue weighted by atomic mass is 9.98. The maximum Gasteiger partial charge on any atom is 0.0718 e. The van der Waals surface area contributed by atoms with E-state index in [1.54, 1.807) is 0 Å². The zero-order valence-corrected chi connectivity index (χ0v) is 31.4. The Labute approximate surface area is 327 Å². The van der Waals surface area contributed by atoms with Crippen LogP contribution in [-0.4, -0.2) is 0 Å². The Balaban J connectivity index is 1.09. The third-order valence-corrected chi connectivity index (χ3v) is 13.2. The fraction of sp³-hybridized carbons (Fsp3) is 0. The van der Waals surface area contributed by atoms with Gasteiger partial charge in [-0.05, 0) is 87.1 Å². The summed E-state index contributed by atoms with van der Waals surface area (Å²) in [5.74, 6) is 0. The van der Waals surface area contributed by atoms with Gasteiger partial charge in [0, 0.05) is 52.6 Å². The van der Waals surface area contributed by atoms with Gasteiger partial charge in [-0.15, -0.1) is 22.7 Å². The Bertz CT molecular complexity index is 3190. The number of rotatable bonds is 6. The van der Waals surface area contributed by atoms with Crippen LogP contribution in [0.1, 0.15) is 0 Å². The van der Waals surface area contributed by atoms with Crippen molar-refractivity contribution < 1.29 is 0 Å². The van der Waals surface area contributed by atoms with E-state index in [-0.39, 0.29) is 0 Å². The minimum Gasteiger partial charge on any atom is -0.308 e. The predicted molar refractivity (Wildman–Crippen MR) is 241 cm³/mol. The molecule has 11 rings (SSSR count). The van der Waals surface area contributed by atoms with Crippen LogP contribution in [0.3, 0.4) is 0 Å². The van der Waals surface area contributed by atoms with Crippen LogP contribution in [-0.2, 0) is 0 Å². The van der Waals surface area contributed by atoms with Crippen LogP contribution >= 0.6 is 22.7 Å². The maximum absolute atomic E-state index is 2.48. The Hall–Kier alpha value is -6.52. The van der Waals surface area contributed by atoms with Crippen LogP contribution in [0.5, 0.6) is 0 Å². The number of fused-ring (bicyclic) bond motifs is 7. The van der Waals surface area contributed by atoms with Crippen molar-refractivity contribution in [3.63, 3.8) is 0 Å². The van der Waals surface area contributed by atoms with Crippen LogP contribution in [0.4, 0.5) is 17.1 Å². The Kier molecular flexibility index (Phi) is 7.61. The molecule has 11 aromatic rings. The van der Waals surface area contributed by atoms with Crippen molar-refractivity contribution in [2.75, 3.05) is 4.90 Å². The molecule has 0 unspecified atom stereocenters. The molecule has 0 fully saturated rings. The molecule has 3 heteroatoms. The molecular formula is C52H33NS2. The van der Waals surface area contributed by atoms with Gasteiger partial charge in [0.05, 0.1) is 10.4 Å². The van der Waals surface area contributed by atoms with Gasteiger partial charge in [-0.3, -0.25) is 0 Å². The summed E-state index contributed by atoms with van der Waals surface area (Å²) >= 11 is 3.75. The van der Waals surface area contributed by atoms with Crippen molar-refractivity contribution in [3.05, 3.63) is 200 Å². The first-order valence-corrected chi connectivity index (χ1v) is 20.3. The van der Waals surface area contributed by atoms with Crippen molar-refractivity contribution in [1.82, 2.24) is 0 Å². The summed E-state index contributed by atoms with van der Waals surface area (Å²) in [4.78, 5) is 2.48. The lowest BCUT2D eigenvalue weighted by molar-refractivity contribution is 1.30. The standard InChI is InChI=1S/C52H33NS2/c1-2-11-37(12-3-1)43-30-31-47-45-15-7-9-17-49(45)55-52(47)51(43)53(41-25-20-35(21-26-41)39-19-18-34-10-4-5-13-38(34)32-39)42-27-22-36(23-28-42)40-24-29-46-44-14-6-8-16-48(44)54-50(46)33-40/h1-33H. The second-order valence-electron chi connectivity index (χ2n) is 14.1. The molecule has 0 bridgehead atoms. The molecular weight excluding hydrogens is 703 g/mol. The van der Waals surface area contributed by atoms with Gasteiger partial charge in [-0.2, -0.15) is 0 Å². The Morgan fingerprint density at radius 1 is 0.309 bits per heavy atom. The molecule has 1 nitrogen and oxygen atoms in total. The molecule has 0 aliphatic carbocycles. The molecule has 0 aliphatic heterocycles. The predicted octanol–water partition coefficient (Wildman–Crippen LogP) is 16.0. The highest BCUT2D eigenvalue weighted by atomic mass is 32.1. The number of thiophene rings is 2. The maximum atomic E-state index is 2.48. The summed E-state index contributed by atoms with van der Waals surface area (Å²) in [6.45, 7) is 0. The topological polar surface area (TPSA) is 3.24 Å². The molecule has 0 spiro atoms. The van der Waals surface area contributed by atoms with Crippen LogP contribution in [0.25, 0.3) is 84.5 Å². The quantitative estimate of drug-likeness (QED) is 0.164. The zero-order chi connectivity index (χ0) is 36.3. The highest BCUT2D eigenvalue weighted by Gasteiger charge is 2.23. The van der Waals surface area contributed by atoms with E-state index in [9.17, 15) is 0 Å². The van der Waals surface area contributed by atoms with Gasteiger partial charge in [0.2, 0.25) is 0 Å². The summed E-state index contributed by atoms with van der Waals surface area (Å²) in [6, 6.07) is 73.5. The van der Waals surface area contributed by atoms with E-state index in [0.29, 0.717) is 0 Å². The monoisotopic (exact) mass is 735 g/mol. The fourth-order valence-electron chi connectivity index (χ4n) is 8.13. The van der Waals surface area contributed by atoms with Gasteiger partial charge in [0.25, 0.3) is 0 Å². The molecule has 2 heterocycles. The van der Waals surface area contributed by atoms with E-state index in [0.717, 1.165) is 11.4 Å². The zero-order valence-electron chi connectivity index (χ0n) is 29.8. The minimum atomic E-state index is 1.12. The SMILES string of the molecule is c1ccc(-c2ccc3c(sc4ccccc43)c2N(c2ccc(-c3ccc4ccccc4c3)cc2)c2ccc(-c3ccc4c(c3)sc3ccccc34)cc2)cc1. The fourth-order valence-corrected chi connectivity index (χ4v) is 10.5. The first kappa shape index (κ1) is 32.0. The summed E-state index contributed by atoms with van der Waals surface area (Å²) < 4.78 is 5.22. The number of benzene rings is 9. The van der Waals surface area contributed by atoms with Crippen LogP contribution in [0.15, 0.2) is 200 Å². The molecule has 0 aliphatic rings. The van der Waals surface area contributed by atoms with Gasteiger partial charge in [0.15, 0.2) is 0 Å². The molecule has 0 atom stereocenters. The molecule has 55 heavy (non-hydrogen) atoms. The largest absolute Gasteiger partial charge is 0.308 e. The molecule has 0 saturated heterocycles. The number of hydrogen-bond acceptors (Lipinski definition) is 3. The van der Waals surface area contributed by atoms with Crippen molar-refractivity contribution >= 4 is 90.9 Å². The lowest BCUT2D eigenvalue weighted by Crippen LogP contribution is -2.11. The second-order valence-corrected chi connectivity index (χ2v) is 16.2. The average molecular weight is 736 g/mol. The van der Waals surface area contributed by atoms with Gasteiger partial charge in [-0.1, -0.05) is 152 Å². The summed E-state index contributed by atoms with van der Waals surface area (Å²) in [5.41, 5.74) is 10.7.